The average molecular weight is 231 g/mol. The highest BCUT2D eigenvalue weighted by atomic mass is 16.3. The number of rotatable bonds is 8. The van der Waals surface area contributed by atoms with Gasteiger partial charge in [0.1, 0.15) is 0 Å². The van der Waals surface area contributed by atoms with Crippen molar-refractivity contribution in [2.75, 3.05) is 13.2 Å². The summed E-state index contributed by atoms with van der Waals surface area (Å²) < 4.78 is 0. The van der Waals surface area contributed by atoms with Crippen LogP contribution >= 0.6 is 0 Å². The van der Waals surface area contributed by atoms with Gasteiger partial charge in [0.25, 0.3) is 0 Å². The zero-order chi connectivity index (χ0) is 12.6. The molecule has 0 aliphatic carbocycles. The Kier molecular flexibility index (Phi) is 7.34. The van der Waals surface area contributed by atoms with Gasteiger partial charge >= 0.3 is 0 Å². The fourth-order valence-corrected chi connectivity index (χ4v) is 1.34. The summed E-state index contributed by atoms with van der Waals surface area (Å²) >= 11 is 0. The molecule has 16 heavy (non-hydrogen) atoms. The van der Waals surface area contributed by atoms with Crippen molar-refractivity contribution in [3.05, 3.63) is 0 Å². The average Bonchev–Trinajstić information content (AvgIpc) is 2.28. The molecule has 0 aliphatic heterocycles. The van der Waals surface area contributed by atoms with Crippen LogP contribution in [0, 0.1) is 5.92 Å². The fourth-order valence-electron chi connectivity index (χ4n) is 1.34. The zero-order valence-electron chi connectivity index (χ0n) is 10.6. The second kappa shape index (κ2) is 7.63. The van der Waals surface area contributed by atoms with Crippen molar-refractivity contribution in [1.82, 2.24) is 5.32 Å². The maximum Gasteiger partial charge on any atom is 0.220 e. The Morgan fingerprint density at radius 1 is 1.38 bits per heavy atom. The lowest BCUT2D eigenvalue weighted by atomic mass is 10.0. The maximum absolute atomic E-state index is 11.5. The van der Waals surface area contributed by atoms with Gasteiger partial charge in [-0.15, -0.1) is 0 Å². The fraction of sp³-hybridized carbons (Fsp3) is 0.917. The topological polar surface area (TPSA) is 69.6 Å². The summed E-state index contributed by atoms with van der Waals surface area (Å²) in [6.07, 6.45) is 3.49. The van der Waals surface area contributed by atoms with Gasteiger partial charge in [0, 0.05) is 6.42 Å². The lowest BCUT2D eigenvalue weighted by Crippen LogP contribution is -2.51. The molecule has 0 saturated heterocycles. The summed E-state index contributed by atoms with van der Waals surface area (Å²) in [6, 6.07) is 0. The molecule has 0 rings (SSSR count). The van der Waals surface area contributed by atoms with Gasteiger partial charge in [-0.25, -0.2) is 0 Å². The summed E-state index contributed by atoms with van der Waals surface area (Å²) in [4.78, 5) is 11.5. The molecule has 0 aromatic carbocycles. The molecule has 4 nitrogen and oxygen atoms in total. The minimum Gasteiger partial charge on any atom is -0.394 e. The van der Waals surface area contributed by atoms with Crippen molar-refractivity contribution in [3.63, 3.8) is 0 Å². The lowest BCUT2D eigenvalue weighted by Gasteiger charge is -2.26. The second-order valence-corrected chi connectivity index (χ2v) is 4.83. The molecule has 1 unspecified atom stereocenters. The zero-order valence-corrected chi connectivity index (χ0v) is 10.6. The third-order valence-corrected chi connectivity index (χ3v) is 2.94. The Hall–Kier alpha value is -0.610. The molecule has 3 N–H and O–H groups in total. The number of aliphatic hydroxyl groups excluding tert-OH is 2. The van der Waals surface area contributed by atoms with E-state index < -0.39 is 5.54 Å². The van der Waals surface area contributed by atoms with Crippen molar-refractivity contribution in [3.8, 4) is 0 Å². The van der Waals surface area contributed by atoms with E-state index in [1.165, 1.54) is 0 Å². The third kappa shape index (κ3) is 6.08. The number of hydrogen-bond acceptors (Lipinski definition) is 3. The van der Waals surface area contributed by atoms with Crippen molar-refractivity contribution in [1.29, 1.82) is 0 Å². The molecule has 4 heteroatoms. The van der Waals surface area contributed by atoms with E-state index in [4.69, 9.17) is 10.2 Å². The van der Waals surface area contributed by atoms with E-state index in [0.29, 0.717) is 12.3 Å². The number of aliphatic hydroxyl groups is 2. The summed E-state index contributed by atoms with van der Waals surface area (Å²) in [5.74, 6) is 0.545. The van der Waals surface area contributed by atoms with Crippen LogP contribution in [0.15, 0.2) is 0 Å². The number of carbonyl (C=O) groups excluding carboxylic acids is 1. The molecule has 1 amide bonds. The van der Waals surface area contributed by atoms with Crippen molar-refractivity contribution in [2.24, 2.45) is 5.92 Å². The van der Waals surface area contributed by atoms with Gasteiger partial charge in [-0.3, -0.25) is 4.79 Å². The third-order valence-electron chi connectivity index (χ3n) is 2.94. The van der Waals surface area contributed by atoms with E-state index in [1.807, 2.05) is 0 Å². The van der Waals surface area contributed by atoms with Crippen LogP contribution in [0.5, 0.6) is 0 Å². The molecule has 0 heterocycles. The highest BCUT2D eigenvalue weighted by molar-refractivity contribution is 5.76. The number of carbonyl (C=O) groups is 1. The quantitative estimate of drug-likeness (QED) is 0.585. The first kappa shape index (κ1) is 15.4. The van der Waals surface area contributed by atoms with Crippen LogP contribution in [0.25, 0.3) is 0 Å². The van der Waals surface area contributed by atoms with Crippen LogP contribution in [0.3, 0.4) is 0 Å². The number of nitrogens with one attached hydrogen (secondary N) is 1. The molecule has 0 fully saturated rings. The molecule has 0 saturated carbocycles. The number of hydrogen-bond donors (Lipinski definition) is 3. The van der Waals surface area contributed by atoms with Crippen LogP contribution in [-0.4, -0.2) is 34.9 Å². The van der Waals surface area contributed by atoms with E-state index in [-0.39, 0.29) is 19.1 Å². The van der Waals surface area contributed by atoms with Gasteiger partial charge in [-0.2, -0.15) is 0 Å². The van der Waals surface area contributed by atoms with Gasteiger partial charge < -0.3 is 15.5 Å². The Morgan fingerprint density at radius 3 is 2.38 bits per heavy atom. The highest BCUT2D eigenvalue weighted by Crippen LogP contribution is 2.11. The Labute approximate surface area is 98.1 Å². The summed E-state index contributed by atoms with van der Waals surface area (Å²) in [7, 11) is 0. The summed E-state index contributed by atoms with van der Waals surface area (Å²) in [6.45, 7) is 5.43. The molecule has 96 valence electrons. The Morgan fingerprint density at radius 2 is 1.94 bits per heavy atom. The van der Waals surface area contributed by atoms with Crippen LogP contribution in [-0.2, 0) is 4.79 Å². The first-order valence-electron chi connectivity index (χ1n) is 6.00. The van der Waals surface area contributed by atoms with E-state index in [9.17, 15) is 4.79 Å². The highest BCUT2D eigenvalue weighted by Gasteiger charge is 2.24. The van der Waals surface area contributed by atoms with Gasteiger partial charge in [0.05, 0.1) is 18.8 Å². The van der Waals surface area contributed by atoms with E-state index in [0.717, 1.165) is 19.3 Å². The van der Waals surface area contributed by atoms with E-state index >= 15 is 0 Å². The van der Waals surface area contributed by atoms with Crippen LogP contribution in [0.2, 0.25) is 0 Å². The summed E-state index contributed by atoms with van der Waals surface area (Å²) in [5.41, 5.74) is -0.895. The molecule has 0 aromatic heterocycles. The molecule has 0 spiro atoms. The molecule has 0 radical (unpaired) electrons. The Balaban J connectivity index is 3.82. The van der Waals surface area contributed by atoms with Crippen LogP contribution in [0.4, 0.5) is 0 Å². The minimum absolute atomic E-state index is 0.103. The maximum atomic E-state index is 11.5. The molecule has 0 aliphatic rings. The van der Waals surface area contributed by atoms with Gasteiger partial charge in [0.15, 0.2) is 0 Å². The normalized spacial score (nSPS) is 13.6. The smallest absolute Gasteiger partial charge is 0.220 e. The largest absolute Gasteiger partial charge is 0.394 e. The molecular formula is C12H25NO3. The Bertz CT molecular complexity index is 202. The molecule has 0 bridgehead atoms. The minimum atomic E-state index is -0.895. The number of amides is 1. The van der Waals surface area contributed by atoms with Crippen LogP contribution < -0.4 is 5.32 Å². The second-order valence-electron chi connectivity index (χ2n) is 4.83. The molecular weight excluding hydrogens is 206 g/mol. The van der Waals surface area contributed by atoms with Crippen molar-refractivity contribution >= 4 is 5.91 Å². The van der Waals surface area contributed by atoms with Gasteiger partial charge in [-0.05, 0) is 19.3 Å². The monoisotopic (exact) mass is 231 g/mol. The van der Waals surface area contributed by atoms with Crippen LogP contribution in [0.1, 0.15) is 46.5 Å². The molecule has 1 atom stereocenters. The predicted octanol–water partition coefficient (Wildman–Crippen LogP) is 1.06. The van der Waals surface area contributed by atoms with Gasteiger partial charge in [0.2, 0.25) is 5.91 Å². The lowest BCUT2D eigenvalue weighted by molar-refractivity contribution is -0.124. The predicted molar refractivity (Wildman–Crippen MR) is 64.0 cm³/mol. The summed E-state index contributed by atoms with van der Waals surface area (Å²) in [5, 5.41) is 20.7. The van der Waals surface area contributed by atoms with Crippen molar-refractivity contribution < 1.29 is 15.0 Å². The first-order valence-corrected chi connectivity index (χ1v) is 6.00. The van der Waals surface area contributed by atoms with Gasteiger partial charge in [-0.1, -0.05) is 26.7 Å². The standard InChI is InChI=1S/C12H25NO3/c1-4-10(2)6-5-7-11(16)13-12(3,8-14)9-15/h10,14-15H,4-9H2,1-3H3,(H,13,16). The SMILES string of the molecule is CCC(C)CCCC(=O)NC(C)(CO)CO. The molecule has 0 aromatic rings. The van der Waals surface area contributed by atoms with E-state index in [1.54, 1.807) is 6.92 Å². The first-order chi connectivity index (χ1) is 7.47. The van der Waals surface area contributed by atoms with Crippen molar-refractivity contribution in [2.45, 2.75) is 52.0 Å². The van der Waals surface area contributed by atoms with E-state index in [2.05, 4.69) is 19.2 Å².